The molecule has 3 atom stereocenters. The van der Waals surface area contributed by atoms with Gasteiger partial charge < -0.3 is 9.84 Å². The van der Waals surface area contributed by atoms with Crippen LogP contribution < -0.4 is 0 Å². The average molecular weight is 242 g/mol. The lowest BCUT2D eigenvalue weighted by Gasteiger charge is -2.30. The second-order valence-corrected chi connectivity index (χ2v) is 4.99. The van der Waals surface area contributed by atoms with Gasteiger partial charge >= 0.3 is 11.9 Å². The molecule has 0 heterocycles. The third-order valence-electron chi connectivity index (χ3n) is 3.47. The van der Waals surface area contributed by atoms with Crippen LogP contribution in [-0.2, 0) is 14.3 Å². The Labute approximate surface area is 102 Å². The summed E-state index contributed by atoms with van der Waals surface area (Å²) in [6, 6.07) is 0. The molecule has 17 heavy (non-hydrogen) atoms. The Hall–Kier alpha value is -1.06. The van der Waals surface area contributed by atoms with E-state index in [0.29, 0.717) is 25.4 Å². The molecule has 0 aliphatic heterocycles. The van der Waals surface area contributed by atoms with Crippen molar-refractivity contribution in [2.75, 3.05) is 6.61 Å². The first-order valence-electron chi connectivity index (χ1n) is 6.45. The molecule has 1 aliphatic carbocycles. The van der Waals surface area contributed by atoms with E-state index in [4.69, 9.17) is 9.84 Å². The molecule has 0 aromatic carbocycles. The highest BCUT2D eigenvalue weighted by Crippen LogP contribution is 2.34. The summed E-state index contributed by atoms with van der Waals surface area (Å²) in [6.07, 6.45) is 3.92. The van der Waals surface area contributed by atoms with Crippen molar-refractivity contribution in [2.24, 2.45) is 17.8 Å². The molecule has 98 valence electrons. The van der Waals surface area contributed by atoms with Gasteiger partial charge in [0.05, 0.1) is 18.4 Å². The maximum Gasteiger partial charge on any atom is 0.309 e. The summed E-state index contributed by atoms with van der Waals surface area (Å²) in [5, 5.41) is 9.11. The maximum atomic E-state index is 11.8. The number of unbranched alkanes of at least 4 members (excludes halogenated alkanes) is 1. The normalized spacial score (nSPS) is 28.7. The van der Waals surface area contributed by atoms with Crippen molar-refractivity contribution in [3.8, 4) is 0 Å². The minimum Gasteiger partial charge on any atom is -0.481 e. The first-order valence-corrected chi connectivity index (χ1v) is 6.45. The SMILES string of the molecule is CCCCOC(=O)C1CC(C)CCC1C(=O)O. The van der Waals surface area contributed by atoms with Gasteiger partial charge in [-0.05, 0) is 31.6 Å². The van der Waals surface area contributed by atoms with Gasteiger partial charge in [0, 0.05) is 0 Å². The number of hydrogen-bond acceptors (Lipinski definition) is 3. The van der Waals surface area contributed by atoms with E-state index in [1.807, 2.05) is 6.92 Å². The van der Waals surface area contributed by atoms with Crippen molar-refractivity contribution in [3.05, 3.63) is 0 Å². The van der Waals surface area contributed by atoms with Crippen LogP contribution in [0.25, 0.3) is 0 Å². The molecule has 0 aromatic rings. The van der Waals surface area contributed by atoms with Crippen LogP contribution in [0.4, 0.5) is 0 Å². The summed E-state index contributed by atoms with van der Waals surface area (Å²) in [6.45, 7) is 4.49. The molecule has 4 nitrogen and oxygen atoms in total. The predicted octanol–water partition coefficient (Wildman–Crippen LogP) is 2.47. The van der Waals surface area contributed by atoms with Crippen LogP contribution in [-0.4, -0.2) is 23.7 Å². The number of ether oxygens (including phenoxy) is 1. The van der Waals surface area contributed by atoms with Crippen LogP contribution in [0, 0.1) is 17.8 Å². The molecule has 4 heteroatoms. The van der Waals surface area contributed by atoms with E-state index in [9.17, 15) is 9.59 Å². The van der Waals surface area contributed by atoms with Crippen molar-refractivity contribution in [1.29, 1.82) is 0 Å². The minimum atomic E-state index is -0.866. The fraction of sp³-hybridized carbons (Fsp3) is 0.846. The number of esters is 1. The topological polar surface area (TPSA) is 63.6 Å². The van der Waals surface area contributed by atoms with Gasteiger partial charge in [0.2, 0.25) is 0 Å². The van der Waals surface area contributed by atoms with E-state index in [1.165, 1.54) is 0 Å². The summed E-state index contributed by atoms with van der Waals surface area (Å²) < 4.78 is 5.15. The summed E-state index contributed by atoms with van der Waals surface area (Å²) in [4.78, 5) is 22.9. The summed E-state index contributed by atoms with van der Waals surface area (Å²) in [5.74, 6) is -1.78. The standard InChI is InChI=1S/C13H22O4/c1-3-4-7-17-13(16)11-8-9(2)5-6-10(11)12(14)15/h9-11H,3-8H2,1-2H3,(H,14,15). The van der Waals surface area contributed by atoms with Crippen LogP contribution in [0.5, 0.6) is 0 Å². The summed E-state index contributed by atoms with van der Waals surface area (Å²) >= 11 is 0. The summed E-state index contributed by atoms with van der Waals surface area (Å²) in [7, 11) is 0. The average Bonchev–Trinajstić information content (AvgIpc) is 2.28. The number of hydrogen-bond donors (Lipinski definition) is 1. The van der Waals surface area contributed by atoms with Gasteiger partial charge in [0.1, 0.15) is 0 Å². The summed E-state index contributed by atoms with van der Waals surface area (Å²) in [5.41, 5.74) is 0. The van der Waals surface area contributed by atoms with Crippen molar-refractivity contribution in [1.82, 2.24) is 0 Å². The number of carbonyl (C=O) groups excluding carboxylic acids is 1. The van der Waals surface area contributed by atoms with E-state index in [-0.39, 0.29) is 5.97 Å². The fourth-order valence-corrected chi connectivity index (χ4v) is 2.36. The van der Waals surface area contributed by atoms with E-state index in [2.05, 4.69) is 6.92 Å². The quantitative estimate of drug-likeness (QED) is 0.594. The van der Waals surface area contributed by atoms with Crippen LogP contribution in [0.15, 0.2) is 0 Å². The predicted molar refractivity (Wildman–Crippen MR) is 63.5 cm³/mol. The Morgan fingerprint density at radius 1 is 1.29 bits per heavy atom. The lowest BCUT2D eigenvalue weighted by molar-refractivity contribution is -0.160. The zero-order valence-corrected chi connectivity index (χ0v) is 10.6. The maximum absolute atomic E-state index is 11.8. The monoisotopic (exact) mass is 242 g/mol. The zero-order chi connectivity index (χ0) is 12.8. The van der Waals surface area contributed by atoms with Crippen molar-refractivity contribution >= 4 is 11.9 Å². The lowest BCUT2D eigenvalue weighted by Crippen LogP contribution is -2.36. The Bertz CT molecular complexity index is 275. The van der Waals surface area contributed by atoms with Crippen LogP contribution >= 0.6 is 0 Å². The molecule has 1 saturated carbocycles. The van der Waals surface area contributed by atoms with E-state index >= 15 is 0 Å². The fourth-order valence-electron chi connectivity index (χ4n) is 2.36. The van der Waals surface area contributed by atoms with Gasteiger partial charge in [0.15, 0.2) is 0 Å². The Kier molecular flexibility index (Phi) is 5.45. The van der Waals surface area contributed by atoms with Crippen molar-refractivity contribution in [2.45, 2.75) is 46.0 Å². The number of carboxylic acids is 1. The van der Waals surface area contributed by atoms with E-state index in [1.54, 1.807) is 0 Å². The van der Waals surface area contributed by atoms with Gasteiger partial charge in [-0.1, -0.05) is 20.3 Å². The van der Waals surface area contributed by atoms with Gasteiger partial charge in [-0.3, -0.25) is 9.59 Å². The number of carboxylic acid groups (broad SMARTS) is 1. The van der Waals surface area contributed by atoms with Gasteiger partial charge in [0.25, 0.3) is 0 Å². The number of carbonyl (C=O) groups is 2. The third-order valence-corrected chi connectivity index (χ3v) is 3.47. The molecular formula is C13H22O4. The number of rotatable bonds is 5. The van der Waals surface area contributed by atoms with E-state index < -0.39 is 17.8 Å². The first kappa shape index (κ1) is 14.0. The van der Waals surface area contributed by atoms with E-state index in [0.717, 1.165) is 19.3 Å². The molecular weight excluding hydrogens is 220 g/mol. The van der Waals surface area contributed by atoms with Crippen LogP contribution in [0.3, 0.4) is 0 Å². The highest BCUT2D eigenvalue weighted by atomic mass is 16.5. The highest BCUT2D eigenvalue weighted by Gasteiger charge is 2.38. The molecule has 0 amide bonds. The van der Waals surface area contributed by atoms with Gasteiger partial charge in [-0.15, -0.1) is 0 Å². The van der Waals surface area contributed by atoms with Crippen LogP contribution in [0.2, 0.25) is 0 Å². The lowest BCUT2D eigenvalue weighted by atomic mass is 9.74. The number of aliphatic carboxylic acids is 1. The molecule has 0 spiro atoms. The Balaban J connectivity index is 2.56. The second-order valence-electron chi connectivity index (χ2n) is 4.99. The molecule has 1 N–H and O–H groups in total. The molecule has 1 aliphatic rings. The Morgan fingerprint density at radius 3 is 2.59 bits per heavy atom. The van der Waals surface area contributed by atoms with Gasteiger partial charge in [-0.2, -0.15) is 0 Å². The molecule has 0 aromatic heterocycles. The zero-order valence-electron chi connectivity index (χ0n) is 10.6. The molecule has 3 unspecified atom stereocenters. The van der Waals surface area contributed by atoms with Crippen LogP contribution in [0.1, 0.15) is 46.0 Å². The molecule has 0 bridgehead atoms. The molecule has 1 rings (SSSR count). The Morgan fingerprint density at radius 2 is 2.00 bits per heavy atom. The third kappa shape index (κ3) is 4.02. The highest BCUT2D eigenvalue weighted by molar-refractivity contribution is 5.81. The minimum absolute atomic E-state index is 0.322. The second kappa shape index (κ2) is 6.62. The first-order chi connectivity index (χ1) is 8.06. The molecule has 0 saturated heterocycles. The van der Waals surface area contributed by atoms with Gasteiger partial charge in [-0.25, -0.2) is 0 Å². The van der Waals surface area contributed by atoms with Crippen molar-refractivity contribution in [3.63, 3.8) is 0 Å². The smallest absolute Gasteiger partial charge is 0.309 e. The van der Waals surface area contributed by atoms with Crippen molar-refractivity contribution < 1.29 is 19.4 Å². The largest absolute Gasteiger partial charge is 0.481 e. The molecule has 0 radical (unpaired) electrons. The molecule has 1 fully saturated rings.